The first-order valence-electron chi connectivity index (χ1n) is 5.03. The third kappa shape index (κ3) is 1.98. The van der Waals surface area contributed by atoms with Crippen LogP contribution in [-0.4, -0.2) is 32.6 Å². The molecule has 84 valence electrons. The molecule has 0 aliphatic carbocycles. The third-order valence-corrected chi connectivity index (χ3v) is 2.48. The van der Waals surface area contributed by atoms with E-state index in [2.05, 4.69) is 10.2 Å². The maximum atomic E-state index is 12.0. The van der Waals surface area contributed by atoms with Gasteiger partial charge in [-0.2, -0.15) is 5.10 Å². The molecular weight excluding hydrogens is 204 g/mol. The molecule has 1 N–H and O–H groups in total. The van der Waals surface area contributed by atoms with Crippen LogP contribution in [0.25, 0.3) is 0 Å². The second-order valence-electron chi connectivity index (χ2n) is 3.77. The van der Waals surface area contributed by atoms with Crippen molar-refractivity contribution in [1.82, 2.24) is 19.7 Å². The van der Waals surface area contributed by atoms with E-state index in [0.717, 1.165) is 5.56 Å². The molecule has 0 saturated heterocycles. The molecule has 1 amide bonds. The van der Waals surface area contributed by atoms with Crippen molar-refractivity contribution in [2.24, 2.45) is 7.05 Å². The number of aromatic amines is 1. The highest BCUT2D eigenvalue weighted by atomic mass is 16.2. The van der Waals surface area contributed by atoms with Crippen molar-refractivity contribution in [2.75, 3.05) is 7.05 Å². The lowest BCUT2D eigenvalue weighted by Crippen LogP contribution is -2.27. The molecule has 5 heteroatoms. The van der Waals surface area contributed by atoms with E-state index in [1.165, 1.54) is 0 Å². The van der Waals surface area contributed by atoms with Crippen molar-refractivity contribution in [3.8, 4) is 0 Å². The summed E-state index contributed by atoms with van der Waals surface area (Å²) >= 11 is 0. The van der Waals surface area contributed by atoms with Crippen molar-refractivity contribution in [2.45, 2.75) is 6.54 Å². The van der Waals surface area contributed by atoms with Gasteiger partial charge in [-0.3, -0.25) is 9.89 Å². The number of aromatic nitrogens is 3. The van der Waals surface area contributed by atoms with E-state index in [9.17, 15) is 4.79 Å². The topological polar surface area (TPSA) is 53.9 Å². The number of carbonyl (C=O) groups excluding carboxylic acids is 1. The lowest BCUT2D eigenvalue weighted by atomic mass is 10.3. The molecule has 0 unspecified atom stereocenters. The Balaban J connectivity index is 2.08. The first-order valence-corrected chi connectivity index (χ1v) is 5.03. The van der Waals surface area contributed by atoms with Gasteiger partial charge in [0.15, 0.2) is 0 Å². The number of carbonyl (C=O) groups is 1. The Morgan fingerprint density at radius 3 is 3.00 bits per heavy atom. The van der Waals surface area contributed by atoms with Crippen LogP contribution in [0.5, 0.6) is 0 Å². The van der Waals surface area contributed by atoms with E-state index in [4.69, 9.17) is 0 Å². The highest BCUT2D eigenvalue weighted by Gasteiger charge is 2.14. The fraction of sp³-hybridized carbons (Fsp3) is 0.273. The molecule has 0 atom stereocenters. The zero-order chi connectivity index (χ0) is 11.5. The van der Waals surface area contributed by atoms with Crippen molar-refractivity contribution in [1.29, 1.82) is 0 Å². The summed E-state index contributed by atoms with van der Waals surface area (Å²) in [5, 5.41) is 6.57. The summed E-state index contributed by atoms with van der Waals surface area (Å²) < 4.78 is 1.81. The smallest absolute Gasteiger partial charge is 0.270 e. The first kappa shape index (κ1) is 10.5. The predicted molar refractivity (Wildman–Crippen MR) is 59.8 cm³/mol. The number of hydrogen-bond donors (Lipinski definition) is 1. The first-order chi connectivity index (χ1) is 7.68. The lowest BCUT2D eigenvalue weighted by Gasteiger charge is -2.16. The van der Waals surface area contributed by atoms with Gasteiger partial charge in [0.05, 0.1) is 6.20 Å². The predicted octanol–water partition coefficient (Wildman–Crippen LogP) is 1.02. The Hall–Kier alpha value is -2.04. The Kier molecular flexibility index (Phi) is 2.76. The quantitative estimate of drug-likeness (QED) is 0.836. The molecule has 0 radical (unpaired) electrons. The van der Waals surface area contributed by atoms with Gasteiger partial charge in [0.25, 0.3) is 5.91 Å². The van der Waals surface area contributed by atoms with Gasteiger partial charge in [-0.25, -0.2) is 0 Å². The van der Waals surface area contributed by atoms with Gasteiger partial charge in [-0.1, -0.05) is 0 Å². The van der Waals surface area contributed by atoms with Crippen LogP contribution in [0.2, 0.25) is 0 Å². The molecule has 2 rings (SSSR count). The van der Waals surface area contributed by atoms with Crippen LogP contribution in [0.15, 0.2) is 30.7 Å². The fourth-order valence-electron chi connectivity index (χ4n) is 1.59. The summed E-state index contributed by atoms with van der Waals surface area (Å²) in [6.07, 6.45) is 5.36. The van der Waals surface area contributed by atoms with E-state index in [1.54, 1.807) is 24.3 Å². The highest BCUT2D eigenvalue weighted by Crippen LogP contribution is 2.07. The average molecular weight is 218 g/mol. The maximum Gasteiger partial charge on any atom is 0.270 e. The Bertz CT molecular complexity index is 472. The van der Waals surface area contributed by atoms with Gasteiger partial charge in [-0.15, -0.1) is 0 Å². The summed E-state index contributed by atoms with van der Waals surface area (Å²) in [6, 6.07) is 3.67. The van der Waals surface area contributed by atoms with E-state index in [1.807, 2.05) is 29.9 Å². The zero-order valence-corrected chi connectivity index (χ0v) is 9.34. The number of H-pyrrole nitrogens is 1. The van der Waals surface area contributed by atoms with Gasteiger partial charge in [0.2, 0.25) is 0 Å². The molecule has 2 aromatic heterocycles. The van der Waals surface area contributed by atoms with Crippen LogP contribution in [0.3, 0.4) is 0 Å². The van der Waals surface area contributed by atoms with E-state index in [0.29, 0.717) is 12.2 Å². The number of hydrogen-bond acceptors (Lipinski definition) is 2. The van der Waals surface area contributed by atoms with E-state index < -0.39 is 0 Å². The van der Waals surface area contributed by atoms with Crippen LogP contribution >= 0.6 is 0 Å². The monoisotopic (exact) mass is 218 g/mol. The molecule has 0 aliphatic heterocycles. The van der Waals surface area contributed by atoms with Gasteiger partial charge in [0.1, 0.15) is 5.69 Å². The fourth-order valence-corrected chi connectivity index (χ4v) is 1.59. The van der Waals surface area contributed by atoms with Gasteiger partial charge in [-0.05, 0) is 12.1 Å². The Labute approximate surface area is 93.7 Å². The molecule has 5 nitrogen and oxygen atoms in total. The summed E-state index contributed by atoms with van der Waals surface area (Å²) in [5.41, 5.74) is 1.68. The molecule has 0 aliphatic rings. The minimum absolute atomic E-state index is 0.00806. The lowest BCUT2D eigenvalue weighted by molar-refractivity contribution is 0.0775. The standard InChI is InChI=1S/C11H14N4O/c1-14-5-3-4-10(14)11(16)15(2)8-9-6-12-13-7-9/h3-7H,8H2,1-2H3,(H,12,13). The summed E-state index contributed by atoms with van der Waals surface area (Å²) in [7, 11) is 3.64. The molecule has 16 heavy (non-hydrogen) atoms. The molecule has 2 heterocycles. The SMILES string of the molecule is CN(Cc1cn[nH]c1)C(=O)c1cccn1C. The van der Waals surface area contributed by atoms with Crippen molar-refractivity contribution < 1.29 is 4.79 Å². The number of amides is 1. The molecule has 0 spiro atoms. The zero-order valence-electron chi connectivity index (χ0n) is 9.34. The van der Waals surface area contributed by atoms with Crippen LogP contribution < -0.4 is 0 Å². The minimum atomic E-state index is 0.00806. The molecular formula is C11H14N4O. The molecule has 2 aromatic rings. The third-order valence-electron chi connectivity index (χ3n) is 2.48. The number of rotatable bonds is 3. The van der Waals surface area contributed by atoms with Crippen LogP contribution in [0, 0.1) is 0 Å². The van der Waals surface area contributed by atoms with Crippen molar-refractivity contribution in [3.63, 3.8) is 0 Å². The summed E-state index contributed by atoms with van der Waals surface area (Å²) in [4.78, 5) is 13.7. The van der Waals surface area contributed by atoms with Crippen LogP contribution in [-0.2, 0) is 13.6 Å². The molecule has 0 aromatic carbocycles. The maximum absolute atomic E-state index is 12.0. The van der Waals surface area contributed by atoms with E-state index in [-0.39, 0.29) is 5.91 Å². The summed E-state index contributed by atoms with van der Waals surface area (Å²) in [5.74, 6) is 0.00806. The van der Waals surface area contributed by atoms with E-state index >= 15 is 0 Å². The van der Waals surface area contributed by atoms with Crippen LogP contribution in [0.4, 0.5) is 0 Å². The Morgan fingerprint density at radius 1 is 1.62 bits per heavy atom. The van der Waals surface area contributed by atoms with Gasteiger partial charge >= 0.3 is 0 Å². The normalized spacial score (nSPS) is 10.4. The largest absolute Gasteiger partial charge is 0.347 e. The second kappa shape index (κ2) is 4.22. The molecule has 0 fully saturated rings. The van der Waals surface area contributed by atoms with Gasteiger partial charge < -0.3 is 9.47 Å². The number of aryl methyl sites for hydroxylation is 1. The second-order valence-corrected chi connectivity index (χ2v) is 3.77. The highest BCUT2D eigenvalue weighted by molar-refractivity contribution is 5.92. The average Bonchev–Trinajstić information content (AvgIpc) is 2.88. The van der Waals surface area contributed by atoms with Gasteiger partial charge in [0, 0.05) is 38.6 Å². The van der Waals surface area contributed by atoms with Crippen LogP contribution in [0.1, 0.15) is 16.1 Å². The number of nitrogens with one attached hydrogen (secondary N) is 1. The molecule has 0 bridgehead atoms. The number of nitrogens with zero attached hydrogens (tertiary/aromatic N) is 3. The Morgan fingerprint density at radius 2 is 2.44 bits per heavy atom. The summed E-state index contributed by atoms with van der Waals surface area (Å²) in [6.45, 7) is 0.556. The minimum Gasteiger partial charge on any atom is -0.347 e. The van der Waals surface area contributed by atoms with Crippen molar-refractivity contribution in [3.05, 3.63) is 42.0 Å². The van der Waals surface area contributed by atoms with Crippen molar-refractivity contribution >= 4 is 5.91 Å². The molecule has 0 saturated carbocycles.